The van der Waals surface area contributed by atoms with Gasteiger partial charge in [-0.2, -0.15) is 5.10 Å². The molecule has 4 aromatic rings. The fourth-order valence-electron chi connectivity index (χ4n) is 4.12. The van der Waals surface area contributed by atoms with Gasteiger partial charge in [0.25, 0.3) is 0 Å². The molecule has 34 heavy (non-hydrogen) atoms. The molecule has 0 aliphatic rings. The van der Waals surface area contributed by atoms with E-state index in [4.69, 9.17) is 9.84 Å². The molecule has 0 fully saturated rings. The highest BCUT2D eigenvalue weighted by atomic mass is 16.5. The van der Waals surface area contributed by atoms with Gasteiger partial charge in [-0.25, -0.2) is 4.68 Å². The summed E-state index contributed by atoms with van der Waals surface area (Å²) < 4.78 is 8.17. The van der Waals surface area contributed by atoms with Gasteiger partial charge in [0.2, 0.25) is 5.88 Å². The van der Waals surface area contributed by atoms with Crippen LogP contribution < -0.4 is 4.74 Å². The molecular formula is C29H33N3O2. The maximum Gasteiger partial charge on any atom is 0.222 e. The molecule has 0 radical (unpaired) electrons. The summed E-state index contributed by atoms with van der Waals surface area (Å²) in [5.41, 5.74) is 3.88. The Labute approximate surface area is 202 Å². The standard InChI is InChI=1S/C29H33N3O2/c1-4-22(2)32(21-27(33)23-14-8-5-9-15-23)20-26-28(24-16-10-6-11-17-24)30-31(3)29(26)34-25-18-12-7-13-19-25/h5-19,22,27,33H,4,20-21H2,1-3H3/t22-,27-/m0/s1. The SMILES string of the molecule is CC[C@H](C)N(Cc1c(-c2ccccc2)nn(C)c1Oc1ccccc1)C[C@H](O)c1ccccc1. The first-order valence-corrected chi connectivity index (χ1v) is 11.9. The van der Waals surface area contributed by atoms with Crippen molar-refractivity contribution in [3.63, 3.8) is 0 Å². The van der Waals surface area contributed by atoms with Crippen LogP contribution in [0, 0.1) is 0 Å². The molecule has 1 N–H and O–H groups in total. The average molecular weight is 456 g/mol. The first-order chi connectivity index (χ1) is 16.6. The zero-order valence-corrected chi connectivity index (χ0v) is 20.1. The van der Waals surface area contributed by atoms with E-state index in [1.165, 1.54) is 0 Å². The molecule has 1 heterocycles. The first-order valence-electron chi connectivity index (χ1n) is 11.9. The average Bonchev–Trinajstić information content (AvgIpc) is 3.19. The molecule has 5 nitrogen and oxygen atoms in total. The lowest BCUT2D eigenvalue weighted by Gasteiger charge is -2.31. The minimum absolute atomic E-state index is 0.270. The van der Waals surface area contributed by atoms with Crippen molar-refractivity contribution in [2.24, 2.45) is 7.05 Å². The Morgan fingerprint density at radius 1 is 0.912 bits per heavy atom. The van der Waals surface area contributed by atoms with Crippen LogP contribution >= 0.6 is 0 Å². The number of rotatable bonds is 10. The second-order valence-electron chi connectivity index (χ2n) is 8.65. The number of aliphatic hydroxyl groups is 1. The van der Waals surface area contributed by atoms with E-state index in [1.807, 2.05) is 90.6 Å². The highest BCUT2D eigenvalue weighted by Gasteiger charge is 2.25. The number of hydrogen-bond acceptors (Lipinski definition) is 4. The van der Waals surface area contributed by atoms with Gasteiger partial charge in [0.1, 0.15) is 11.4 Å². The first kappa shape index (κ1) is 23.7. The molecule has 0 unspecified atom stereocenters. The molecule has 0 saturated carbocycles. The minimum Gasteiger partial charge on any atom is -0.439 e. The Morgan fingerprint density at radius 3 is 2.12 bits per heavy atom. The van der Waals surface area contributed by atoms with Gasteiger partial charge in [-0.15, -0.1) is 0 Å². The molecule has 0 spiro atoms. The maximum absolute atomic E-state index is 11.0. The van der Waals surface area contributed by atoms with Crippen molar-refractivity contribution in [1.82, 2.24) is 14.7 Å². The van der Waals surface area contributed by atoms with Crippen molar-refractivity contribution < 1.29 is 9.84 Å². The van der Waals surface area contributed by atoms with Gasteiger partial charge >= 0.3 is 0 Å². The van der Waals surface area contributed by atoms with Crippen LogP contribution in [0.2, 0.25) is 0 Å². The Balaban J connectivity index is 1.71. The number of aromatic nitrogens is 2. The van der Waals surface area contributed by atoms with Crippen LogP contribution in [0.15, 0.2) is 91.0 Å². The molecule has 0 aliphatic carbocycles. The Hall–Kier alpha value is -3.41. The lowest BCUT2D eigenvalue weighted by atomic mass is 10.0. The monoisotopic (exact) mass is 455 g/mol. The van der Waals surface area contributed by atoms with Crippen molar-refractivity contribution in [2.75, 3.05) is 6.54 Å². The summed E-state index contributed by atoms with van der Waals surface area (Å²) in [5.74, 6) is 1.48. The van der Waals surface area contributed by atoms with Crippen LogP contribution in [-0.4, -0.2) is 32.4 Å². The topological polar surface area (TPSA) is 50.5 Å². The van der Waals surface area contributed by atoms with E-state index < -0.39 is 6.10 Å². The van der Waals surface area contributed by atoms with E-state index in [1.54, 1.807) is 0 Å². The van der Waals surface area contributed by atoms with Crippen LogP contribution in [0.1, 0.15) is 37.5 Å². The lowest BCUT2D eigenvalue weighted by Crippen LogP contribution is -2.35. The highest BCUT2D eigenvalue weighted by Crippen LogP contribution is 2.35. The van der Waals surface area contributed by atoms with Gasteiger partial charge in [-0.3, -0.25) is 4.90 Å². The van der Waals surface area contributed by atoms with Crippen LogP contribution in [-0.2, 0) is 13.6 Å². The highest BCUT2D eigenvalue weighted by molar-refractivity contribution is 5.65. The van der Waals surface area contributed by atoms with Crippen LogP contribution in [0.5, 0.6) is 11.6 Å². The predicted octanol–water partition coefficient (Wildman–Crippen LogP) is 6.21. The lowest BCUT2D eigenvalue weighted by molar-refractivity contribution is 0.0844. The molecule has 0 bridgehead atoms. The molecule has 176 valence electrons. The third-order valence-corrected chi connectivity index (χ3v) is 6.26. The van der Waals surface area contributed by atoms with Gasteiger partial charge in [0, 0.05) is 31.7 Å². The van der Waals surface area contributed by atoms with E-state index in [9.17, 15) is 5.11 Å². The quantitative estimate of drug-likeness (QED) is 0.309. The van der Waals surface area contributed by atoms with Crippen LogP contribution in [0.3, 0.4) is 0 Å². The number of aliphatic hydroxyl groups excluding tert-OH is 1. The zero-order valence-electron chi connectivity index (χ0n) is 20.1. The van der Waals surface area contributed by atoms with Gasteiger partial charge in [-0.05, 0) is 31.0 Å². The number of nitrogens with zero attached hydrogens (tertiary/aromatic N) is 3. The van der Waals surface area contributed by atoms with Crippen molar-refractivity contribution in [2.45, 2.75) is 39.0 Å². The largest absolute Gasteiger partial charge is 0.439 e. The molecule has 0 saturated heterocycles. The fourth-order valence-corrected chi connectivity index (χ4v) is 4.12. The molecular weight excluding hydrogens is 422 g/mol. The molecule has 0 amide bonds. The summed E-state index contributed by atoms with van der Waals surface area (Å²) in [6.45, 7) is 5.51. The number of hydrogen-bond donors (Lipinski definition) is 1. The molecule has 2 atom stereocenters. The zero-order chi connectivity index (χ0) is 23.9. The number of aryl methyl sites for hydroxylation is 1. The third-order valence-electron chi connectivity index (χ3n) is 6.26. The molecule has 3 aromatic carbocycles. The van der Waals surface area contributed by atoms with Crippen LogP contribution in [0.4, 0.5) is 0 Å². The summed E-state index contributed by atoms with van der Waals surface area (Å²) in [4.78, 5) is 2.32. The second kappa shape index (κ2) is 11.1. The minimum atomic E-state index is -0.578. The van der Waals surface area contributed by atoms with Crippen LogP contribution in [0.25, 0.3) is 11.3 Å². The predicted molar refractivity (Wildman–Crippen MR) is 137 cm³/mol. The Morgan fingerprint density at radius 2 is 1.50 bits per heavy atom. The number of benzene rings is 3. The van der Waals surface area contributed by atoms with E-state index >= 15 is 0 Å². The van der Waals surface area contributed by atoms with E-state index in [2.05, 4.69) is 30.9 Å². The maximum atomic E-state index is 11.0. The number of para-hydroxylation sites is 1. The van der Waals surface area contributed by atoms with E-state index in [0.29, 0.717) is 19.0 Å². The summed E-state index contributed by atoms with van der Waals surface area (Å²) in [6, 6.07) is 30.1. The second-order valence-corrected chi connectivity index (χ2v) is 8.65. The van der Waals surface area contributed by atoms with Crippen molar-refractivity contribution in [3.05, 3.63) is 102 Å². The van der Waals surface area contributed by atoms with E-state index in [0.717, 1.165) is 34.6 Å². The van der Waals surface area contributed by atoms with Crippen molar-refractivity contribution >= 4 is 0 Å². The summed E-state index contributed by atoms with van der Waals surface area (Å²) >= 11 is 0. The van der Waals surface area contributed by atoms with Gasteiger partial charge in [-0.1, -0.05) is 85.8 Å². The number of ether oxygens (including phenoxy) is 1. The van der Waals surface area contributed by atoms with Crippen molar-refractivity contribution in [3.8, 4) is 22.9 Å². The van der Waals surface area contributed by atoms with Crippen molar-refractivity contribution in [1.29, 1.82) is 0 Å². The third kappa shape index (κ3) is 5.56. The molecule has 4 rings (SSSR count). The fraction of sp³-hybridized carbons (Fsp3) is 0.276. The molecule has 5 heteroatoms. The van der Waals surface area contributed by atoms with Gasteiger partial charge in [0.15, 0.2) is 0 Å². The smallest absolute Gasteiger partial charge is 0.222 e. The normalized spacial score (nSPS) is 13.1. The Bertz CT molecular complexity index is 1160. The molecule has 1 aromatic heterocycles. The van der Waals surface area contributed by atoms with E-state index in [-0.39, 0.29) is 6.04 Å². The molecule has 0 aliphatic heterocycles. The van der Waals surface area contributed by atoms with Gasteiger partial charge in [0.05, 0.1) is 11.7 Å². The van der Waals surface area contributed by atoms with Gasteiger partial charge < -0.3 is 9.84 Å². The summed E-state index contributed by atoms with van der Waals surface area (Å²) in [5, 5.41) is 15.9. The summed E-state index contributed by atoms with van der Waals surface area (Å²) in [6.07, 6.45) is 0.391. The Kier molecular flexibility index (Phi) is 7.78. The summed E-state index contributed by atoms with van der Waals surface area (Å²) in [7, 11) is 1.92.